The standard InChI is InChI=1S/C13H18N2O/c1-4-15(5-2)12(10-14)11-8-6-7-9-13(11)16-3/h6-9,12H,4-5H2,1-3H3. The SMILES string of the molecule is CCN(CC)C(C#N)c1ccccc1OC. The minimum atomic E-state index is -0.230. The lowest BCUT2D eigenvalue weighted by Gasteiger charge is -2.25. The average molecular weight is 218 g/mol. The monoisotopic (exact) mass is 218 g/mol. The van der Waals surface area contributed by atoms with Gasteiger partial charge >= 0.3 is 0 Å². The van der Waals surface area contributed by atoms with Crippen LogP contribution in [-0.4, -0.2) is 25.1 Å². The highest BCUT2D eigenvalue weighted by atomic mass is 16.5. The molecule has 0 saturated heterocycles. The van der Waals surface area contributed by atoms with Gasteiger partial charge < -0.3 is 4.74 Å². The second-order valence-electron chi connectivity index (χ2n) is 3.49. The zero-order valence-electron chi connectivity index (χ0n) is 10.1. The van der Waals surface area contributed by atoms with Gasteiger partial charge in [0.05, 0.1) is 13.2 Å². The minimum Gasteiger partial charge on any atom is -0.496 e. The molecule has 0 amide bonds. The van der Waals surface area contributed by atoms with Crippen molar-refractivity contribution in [2.24, 2.45) is 0 Å². The first-order valence-corrected chi connectivity index (χ1v) is 5.55. The van der Waals surface area contributed by atoms with E-state index in [1.54, 1.807) is 7.11 Å². The first-order valence-electron chi connectivity index (χ1n) is 5.55. The molecule has 0 aliphatic carbocycles. The maximum absolute atomic E-state index is 9.28. The molecule has 0 N–H and O–H groups in total. The largest absolute Gasteiger partial charge is 0.496 e. The molecule has 0 heterocycles. The van der Waals surface area contributed by atoms with E-state index in [0.29, 0.717) is 0 Å². The van der Waals surface area contributed by atoms with Crippen molar-refractivity contribution in [3.05, 3.63) is 29.8 Å². The number of nitrogens with zero attached hydrogens (tertiary/aromatic N) is 2. The Morgan fingerprint density at radius 2 is 1.94 bits per heavy atom. The van der Waals surface area contributed by atoms with Crippen molar-refractivity contribution in [2.75, 3.05) is 20.2 Å². The number of hydrogen-bond donors (Lipinski definition) is 0. The first-order chi connectivity index (χ1) is 7.78. The van der Waals surface area contributed by atoms with Crippen molar-refractivity contribution >= 4 is 0 Å². The first kappa shape index (κ1) is 12.5. The van der Waals surface area contributed by atoms with Crippen LogP contribution in [0, 0.1) is 11.3 Å². The highest BCUT2D eigenvalue weighted by Gasteiger charge is 2.20. The van der Waals surface area contributed by atoms with Gasteiger partial charge in [0.25, 0.3) is 0 Å². The number of benzene rings is 1. The van der Waals surface area contributed by atoms with Gasteiger partial charge in [-0.15, -0.1) is 0 Å². The van der Waals surface area contributed by atoms with Crippen LogP contribution in [-0.2, 0) is 0 Å². The van der Waals surface area contributed by atoms with E-state index in [1.165, 1.54) is 0 Å². The Kier molecular flexibility index (Phi) is 4.81. The molecule has 1 unspecified atom stereocenters. The Morgan fingerprint density at radius 3 is 2.44 bits per heavy atom. The van der Waals surface area contributed by atoms with Crippen LogP contribution in [0.3, 0.4) is 0 Å². The predicted octanol–water partition coefficient (Wildman–Crippen LogP) is 2.60. The molecule has 0 saturated carbocycles. The van der Waals surface area contributed by atoms with Crippen molar-refractivity contribution in [2.45, 2.75) is 19.9 Å². The van der Waals surface area contributed by atoms with Crippen LogP contribution in [0.2, 0.25) is 0 Å². The molecule has 3 heteroatoms. The zero-order chi connectivity index (χ0) is 12.0. The van der Waals surface area contributed by atoms with Gasteiger partial charge in [-0.05, 0) is 19.2 Å². The summed E-state index contributed by atoms with van der Waals surface area (Å²) in [6.07, 6.45) is 0. The lowest BCUT2D eigenvalue weighted by molar-refractivity contribution is 0.257. The number of nitriles is 1. The summed E-state index contributed by atoms with van der Waals surface area (Å²) < 4.78 is 5.29. The number of hydrogen-bond acceptors (Lipinski definition) is 3. The minimum absolute atomic E-state index is 0.230. The topological polar surface area (TPSA) is 36.3 Å². The maximum atomic E-state index is 9.28. The molecule has 1 rings (SSSR count). The fraction of sp³-hybridized carbons (Fsp3) is 0.462. The van der Waals surface area contributed by atoms with Gasteiger partial charge in [0, 0.05) is 5.56 Å². The van der Waals surface area contributed by atoms with Crippen LogP contribution in [0.1, 0.15) is 25.5 Å². The molecule has 1 atom stereocenters. The van der Waals surface area contributed by atoms with Gasteiger partial charge in [-0.1, -0.05) is 32.0 Å². The molecule has 1 aromatic carbocycles. The molecular weight excluding hydrogens is 200 g/mol. The van der Waals surface area contributed by atoms with Crippen molar-refractivity contribution in [1.29, 1.82) is 5.26 Å². The maximum Gasteiger partial charge on any atom is 0.127 e. The van der Waals surface area contributed by atoms with Gasteiger partial charge in [-0.3, -0.25) is 4.90 Å². The molecule has 3 nitrogen and oxygen atoms in total. The van der Waals surface area contributed by atoms with E-state index in [0.717, 1.165) is 24.4 Å². The van der Waals surface area contributed by atoms with Gasteiger partial charge in [0.1, 0.15) is 11.8 Å². The predicted molar refractivity (Wildman–Crippen MR) is 64.3 cm³/mol. The number of rotatable bonds is 5. The number of ether oxygens (including phenoxy) is 1. The Morgan fingerprint density at radius 1 is 1.31 bits per heavy atom. The molecule has 0 bridgehead atoms. The number of methoxy groups -OCH3 is 1. The van der Waals surface area contributed by atoms with Crippen molar-refractivity contribution in [3.8, 4) is 11.8 Å². The van der Waals surface area contributed by atoms with Crippen LogP contribution in [0.5, 0.6) is 5.75 Å². The Balaban J connectivity index is 3.08. The fourth-order valence-corrected chi connectivity index (χ4v) is 1.83. The highest BCUT2D eigenvalue weighted by Crippen LogP contribution is 2.28. The average Bonchev–Trinajstić information content (AvgIpc) is 2.35. The third-order valence-corrected chi connectivity index (χ3v) is 2.73. The quantitative estimate of drug-likeness (QED) is 0.762. The van der Waals surface area contributed by atoms with Crippen molar-refractivity contribution in [1.82, 2.24) is 4.90 Å². The summed E-state index contributed by atoms with van der Waals surface area (Å²) in [6, 6.07) is 9.80. The van der Waals surface area contributed by atoms with Gasteiger partial charge in [0.15, 0.2) is 0 Å². The van der Waals surface area contributed by atoms with Crippen LogP contribution < -0.4 is 4.74 Å². The Hall–Kier alpha value is -1.53. The van der Waals surface area contributed by atoms with Gasteiger partial charge in [-0.25, -0.2) is 0 Å². The molecular formula is C13H18N2O. The Labute approximate surface area is 97.3 Å². The van der Waals surface area contributed by atoms with Crippen LogP contribution >= 0.6 is 0 Å². The summed E-state index contributed by atoms with van der Waals surface area (Å²) >= 11 is 0. The van der Waals surface area contributed by atoms with Crippen molar-refractivity contribution in [3.63, 3.8) is 0 Å². The molecule has 1 aromatic rings. The lowest BCUT2D eigenvalue weighted by Crippen LogP contribution is -2.27. The molecule has 0 spiro atoms. The number of para-hydroxylation sites is 1. The summed E-state index contributed by atoms with van der Waals surface area (Å²) in [7, 11) is 1.63. The van der Waals surface area contributed by atoms with Gasteiger partial charge in [-0.2, -0.15) is 5.26 Å². The summed E-state index contributed by atoms with van der Waals surface area (Å²) in [4.78, 5) is 2.11. The van der Waals surface area contributed by atoms with E-state index in [2.05, 4.69) is 24.8 Å². The summed E-state index contributed by atoms with van der Waals surface area (Å²) in [5, 5.41) is 9.28. The highest BCUT2D eigenvalue weighted by molar-refractivity contribution is 5.38. The summed E-state index contributed by atoms with van der Waals surface area (Å²) in [5.41, 5.74) is 0.941. The third-order valence-electron chi connectivity index (χ3n) is 2.73. The molecule has 0 aromatic heterocycles. The van der Waals surface area contributed by atoms with E-state index >= 15 is 0 Å². The van der Waals surface area contributed by atoms with Crippen LogP contribution in [0.4, 0.5) is 0 Å². The summed E-state index contributed by atoms with van der Waals surface area (Å²) in [6.45, 7) is 5.83. The smallest absolute Gasteiger partial charge is 0.127 e. The van der Waals surface area contributed by atoms with E-state index in [1.807, 2.05) is 24.3 Å². The second kappa shape index (κ2) is 6.14. The molecule has 0 aliphatic rings. The normalized spacial score (nSPS) is 12.2. The second-order valence-corrected chi connectivity index (χ2v) is 3.49. The van der Waals surface area contributed by atoms with E-state index < -0.39 is 0 Å². The van der Waals surface area contributed by atoms with Crippen LogP contribution in [0.15, 0.2) is 24.3 Å². The molecule has 0 fully saturated rings. The molecule has 86 valence electrons. The zero-order valence-corrected chi connectivity index (χ0v) is 10.1. The third kappa shape index (κ3) is 2.53. The van der Waals surface area contributed by atoms with Crippen molar-refractivity contribution < 1.29 is 4.74 Å². The van der Waals surface area contributed by atoms with Gasteiger partial charge in [0.2, 0.25) is 0 Å². The van der Waals surface area contributed by atoms with Crippen LogP contribution in [0.25, 0.3) is 0 Å². The molecule has 16 heavy (non-hydrogen) atoms. The molecule has 0 aliphatic heterocycles. The van der Waals surface area contributed by atoms with E-state index in [9.17, 15) is 5.26 Å². The van der Waals surface area contributed by atoms with E-state index in [4.69, 9.17) is 4.74 Å². The summed E-state index contributed by atoms with van der Waals surface area (Å²) in [5.74, 6) is 0.779. The van der Waals surface area contributed by atoms with E-state index in [-0.39, 0.29) is 6.04 Å². The Bertz CT molecular complexity index is 366. The lowest BCUT2D eigenvalue weighted by atomic mass is 10.1. The fourth-order valence-electron chi connectivity index (χ4n) is 1.83. The molecule has 0 radical (unpaired) electrons.